The fourth-order valence-electron chi connectivity index (χ4n) is 4.79. The van der Waals surface area contributed by atoms with Gasteiger partial charge in [0.2, 0.25) is 0 Å². The summed E-state index contributed by atoms with van der Waals surface area (Å²) in [5, 5.41) is 9.38. The van der Waals surface area contributed by atoms with Crippen LogP contribution >= 0.6 is 0 Å². The van der Waals surface area contributed by atoms with E-state index in [9.17, 15) is 14.7 Å². The predicted molar refractivity (Wildman–Crippen MR) is 68.3 cm³/mol. The first-order valence-corrected chi connectivity index (χ1v) is 6.89. The summed E-state index contributed by atoms with van der Waals surface area (Å²) in [6, 6.07) is 0. The van der Waals surface area contributed by atoms with E-state index in [0.29, 0.717) is 5.57 Å². The molecular weight excluding hydrogens is 244 g/mol. The van der Waals surface area contributed by atoms with Crippen LogP contribution in [0.4, 0.5) is 0 Å². The van der Waals surface area contributed by atoms with Gasteiger partial charge in [-0.3, -0.25) is 4.79 Å². The van der Waals surface area contributed by atoms with E-state index in [1.54, 1.807) is 0 Å². The third-order valence-electron chi connectivity index (χ3n) is 5.45. The Bertz CT molecular complexity index is 490. The van der Waals surface area contributed by atoms with E-state index in [0.717, 1.165) is 12.8 Å². The molecule has 1 saturated heterocycles. The van der Waals surface area contributed by atoms with Crippen LogP contribution in [0, 0.1) is 28.6 Å². The van der Waals surface area contributed by atoms with Crippen LogP contribution < -0.4 is 0 Å². The van der Waals surface area contributed by atoms with E-state index < -0.39 is 5.97 Å². The van der Waals surface area contributed by atoms with Crippen LogP contribution in [0.15, 0.2) is 11.6 Å². The maximum Gasteiger partial charge on any atom is 0.331 e. The molecule has 0 aromatic heterocycles. The van der Waals surface area contributed by atoms with Gasteiger partial charge in [0.25, 0.3) is 0 Å². The molecule has 1 saturated carbocycles. The Hall–Kier alpha value is -1.32. The molecule has 2 fully saturated rings. The molecule has 1 N–H and O–H groups in total. The molecule has 0 unspecified atom stereocenters. The predicted octanol–water partition coefficient (Wildman–Crippen LogP) is 2.24. The molecule has 4 heteroatoms. The van der Waals surface area contributed by atoms with E-state index in [2.05, 4.69) is 13.8 Å². The summed E-state index contributed by atoms with van der Waals surface area (Å²) in [5.74, 6) is -1.18. The van der Waals surface area contributed by atoms with Gasteiger partial charge in [0, 0.05) is 16.9 Å². The topological polar surface area (TPSA) is 63.6 Å². The van der Waals surface area contributed by atoms with Gasteiger partial charge in [0.15, 0.2) is 0 Å². The molecule has 1 heterocycles. The molecule has 1 spiro atoms. The lowest BCUT2D eigenvalue weighted by Crippen LogP contribution is -2.48. The van der Waals surface area contributed by atoms with Crippen LogP contribution in [-0.2, 0) is 14.3 Å². The second-order valence-electron chi connectivity index (χ2n) is 7.10. The van der Waals surface area contributed by atoms with E-state index in [1.807, 2.05) is 13.0 Å². The van der Waals surface area contributed by atoms with Crippen molar-refractivity contribution in [3.8, 4) is 0 Å². The Morgan fingerprint density at radius 1 is 1.47 bits per heavy atom. The van der Waals surface area contributed by atoms with Crippen molar-refractivity contribution in [3.63, 3.8) is 0 Å². The number of hydrogen-bond donors (Lipinski definition) is 1. The Balaban J connectivity index is 2.09. The zero-order valence-corrected chi connectivity index (χ0v) is 11.6. The summed E-state index contributed by atoms with van der Waals surface area (Å²) in [5.41, 5.74) is 0.391. The highest BCUT2D eigenvalue weighted by atomic mass is 16.5. The number of carboxylic acid groups (broad SMARTS) is 1. The van der Waals surface area contributed by atoms with Crippen molar-refractivity contribution in [1.29, 1.82) is 0 Å². The minimum Gasteiger partial charge on any atom is -0.478 e. The second-order valence-corrected chi connectivity index (χ2v) is 7.10. The quantitative estimate of drug-likeness (QED) is 0.738. The van der Waals surface area contributed by atoms with Crippen LogP contribution in [0.1, 0.15) is 33.6 Å². The molecule has 1 aliphatic heterocycles. The van der Waals surface area contributed by atoms with Crippen molar-refractivity contribution in [2.24, 2.45) is 28.6 Å². The van der Waals surface area contributed by atoms with Gasteiger partial charge < -0.3 is 9.84 Å². The Morgan fingerprint density at radius 3 is 2.79 bits per heavy atom. The number of hydrogen-bond acceptors (Lipinski definition) is 3. The number of esters is 1. The molecule has 0 bridgehead atoms. The average Bonchev–Trinajstić information content (AvgIpc) is 2.72. The lowest BCUT2D eigenvalue weighted by atomic mass is 9.61. The van der Waals surface area contributed by atoms with Crippen LogP contribution in [0.3, 0.4) is 0 Å². The van der Waals surface area contributed by atoms with Crippen molar-refractivity contribution >= 4 is 11.9 Å². The SMILES string of the molecule is C[C@@H]1C(=O)OC[C@H]2C(C(=O)O)=C[C@@H]3CC(C)(C)C[C@]312. The highest BCUT2D eigenvalue weighted by Gasteiger charge is 2.65. The second kappa shape index (κ2) is 3.62. The van der Waals surface area contributed by atoms with Crippen molar-refractivity contribution in [2.75, 3.05) is 6.61 Å². The molecule has 104 valence electrons. The maximum absolute atomic E-state index is 12.0. The van der Waals surface area contributed by atoms with Gasteiger partial charge >= 0.3 is 11.9 Å². The first-order valence-electron chi connectivity index (χ1n) is 6.89. The first-order chi connectivity index (χ1) is 8.78. The number of carboxylic acids is 1. The lowest BCUT2D eigenvalue weighted by Gasteiger charge is -2.45. The Morgan fingerprint density at radius 2 is 2.16 bits per heavy atom. The van der Waals surface area contributed by atoms with Gasteiger partial charge in [0.1, 0.15) is 0 Å². The summed E-state index contributed by atoms with van der Waals surface area (Å²) in [6.07, 6.45) is 3.76. The highest BCUT2D eigenvalue weighted by Crippen LogP contribution is 2.66. The summed E-state index contributed by atoms with van der Waals surface area (Å²) in [4.78, 5) is 23.4. The Kier molecular flexibility index (Phi) is 2.42. The number of cyclic esters (lactones) is 1. The molecule has 2 aliphatic carbocycles. The zero-order chi connectivity index (χ0) is 14.0. The summed E-state index contributed by atoms with van der Waals surface area (Å²) in [6.45, 7) is 6.55. The normalized spacial score (nSPS) is 43.2. The minimum atomic E-state index is -0.860. The van der Waals surface area contributed by atoms with Crippen molar-refractivity contribution in [3.05, 3.63) is 11.6 Å². The number of allylic oxidation sites excluding steroid dienone is 1. The van der Waals surface area contributed by atoms with Crippen LogP contribution in [-0.4, -0.2) is 23.7 Å². The van der Waals surface area contributed by atoms with Crippen LogP contribution in [0.5, 0.6) is 0 Å². The third kappa shape index (κ3) is 1.52. The minimum absolute atomic E-state index is 0.135. The summed E-state index contributed by atoms with van der Waals surface area (Å²) >= 11 is 0. The number of rotatable bonds is 1. The molecule has 0 radical (unpaired) electrons. The van der Waals surface area contributed by atoms with Crippen molar-refractivity contribution in [1.82, 2.24) is 0 Å². The molecule has 0 aromatic carbocycles. The molecule has 0 aromatic rings. The fraction of sp³-hybridized carbons (Fsp3) is 0.733. The first kappa shape index (κ1) is 12.7. The number of carbonyl (C=O) groups is 2. The van der Waals surface area contributed by atoms with E-state index in [4.69, 9.17) is 4.74 Å². The monoisotopic (exact) mass is 264 g/mol. The van der Waals surface area contributed by atoms with Gasteiger partial charge in [-0.15, -0.1) is 0 Å². The van der Waals surface area contributed by atoms with E-state index >= 15 is 0 Å². The zero-order valence-electron chi connectivity index (χ0n) is 11.6. The van der Waals surface area contributed by atoms with Gasteiger partial charge in [-0.05, 0) is 24.2 Å². The van der Waals surface area contributed by atoms with Gasteiger partial charge in [-0.25, -0.2) is 4.79 Å². The highest BCUT2D eigenvalue weighted by molar-refractivity contribution is 5.89. The molecule has 4 nitrogen and oxygen atoms in total. The molecule has 3 rings (SSSR count). The summed E-state index contributed by atoms with van der Waals surface area (Å²) in [7, 11) is 0. The standard InChI is InChI=1S/C15H20O4/c1-8-13(18)19-6-11-10(12(16)17)4-9-5-14(2,3)7-15(8,9)11/h4,8-9,11H,5-7H2,1-3H3,(H,16,17)/t8-,9-,11+,15-/m1/s1. The molecule has 4 atom stereocenters. The van der Waals surface area contributed by atoms with Crippen molar-refractivity contribution < 1.29 is 19.4 Å². The van der Waals surface area contributed by atoms with Gasteiger partial charge in [-0.1, -0.05) is 26.8 Å². The van der Waals surface area contributed by atoms with Gasteiger partial charge in [-0.2, -0.15) is 0 Å². The Labute approximate surface area is 112 Å². The number of aliphatic carboxylic acids is 1. The number of carbonyl (C=O) groups excluding carboxylic acids is 1. The van der Waals surface area contributed by atoms with Gasteiger partial charge in [0.05, 0.1) is 12.5 Å². The molecule has 19 heavy (non-hydrogen) atoms. The van der Waals surface area contributed by atoms with Crippen molar-refractivity contribution in [2.45, 2.75) is 33.6 Å². The third-order valence-corrected chi connectivity index (χ3v) is 5.45. The van der Waals surface area contributed by atoms with E-state index in [1.165, 1.54) is 0 Å². The lowest BCUT2D eigenvalue weighted by molar-refractivity contribution is -0.169. The summed E-state index contributed by atoms with van der Waals surface area (Å²) < 4.78 is 5.21. The van der Waals surface area contributed by atoms with E-state index in [-0.39, 0.29) is 41.2 Å². The molecular formula is C15H20O4. The largest absolute Gasteiger partial charge is 0.478 e. The number of ether oxygens (including phenoxy) is 1. The molecule has 0 amide bonds. The van der Waals surface area contributed by atoms with Crippen LogP contribution in [0.25, 0.3) is 0 Å². The maximum atomic E-state index is 12.0. The smallest absolute Gasteiger partial charge is 0.331 e. The van der Waals surface area contributed by atoms with Crippen LogP contribution in [0.2, 0.25) is 0 Å². The molecule has 3 aliphatic rings. The fourth-order valence-corrected chi connectivity index (χ4v) is 4.79. The average molecular weight is 264 g/mol.